The molecule has 9 nitrogen and oxygen atoms in total. The highest BCUT2D eigenvalue weighted by Gasteiger charge is 2.36. The molecule has 0 bridgehead atoms. The van der Waals surface area contributed by atoms with E-state index in [0.29, 0.717) is 18.9 Å². The summed E-state index contributed by atoms with van der Waals surface area (Å²) in [5.41, 5.74) is 7.11. The number of imidazole rings is 1. The number of nitrogens with zero attached hydrogens (tertiary/aromatic N) is 7. The van der Waals surface area contributed by atoms with Gasteiger partial charge in [-0.25, -0.2) is 4.98 Å². The Labute approximate surface area is 150 Å². The second kappa shape index (κ2) is 6.68. The molecule has 2 atom stereocenters. The number of carbonyl (C=O) groups excluding carboxylic acids is 1. The Morgan fingerprint density at radius 1 is 1.27 bits per heavy atom. The van der Waals surface area contributed by atoms with Crippen LogP contribution in [0.2, 0.25) is 0 Å². The second-order valence-corrected chi connectivity index (χ2v) is 6.47. The zero-order valence-corrected chi connectivity index (χ0v) is 14.4. The van der Waals surface area contributed by atoms with Crippen LogP contribution in [0.4, 0.5) is 0 Å². The molecule has 134 valence electrons. The lowest BCUT2D eigenvalue weighted by Gasteiger charge is -2.15. The maximum atomic E-state index is 12.6. The minimum absolute atomic E-state index is 0.0301. The Kier molecular flexibility index (Phi) is 4.21. The van der Waals surface area contributed by atoms with Crippen molar-refractivity contribution < 1.29 is 4.79 Å². The van der Waals surface area contributed by atoms with Gasteiger partial charge in [-0.2, -0.15) is 4.80 Å². The van der Waals surface area contributed by atoms with Crippen molar-refractivity contribution in [1.29, 1.82) is 0 Å². The highest BCUT2D eigenvalue weighted by molar-refractivity contribution is 5.76. The zero-order valence-electron chi connectivity index (χ0n) is 14.4. The van der Waals surface area contributed by atoms with Crippen LogP contribution in [0.15, 0.2) is 42.7 Å². The summed E-state index contributed by atoms with van der Waals surface area (Å²) in [5, 5.41) is 12.3. The third kappa shape index (κ3) is 3.08. The SMILES string of the molecule is Cn1ccnc1[C@@H]1CN(C(=O)Cn2nnc(-c3ccccc3)n2)C[C@H]1N. The Morgan fingerprint density at radius 2 is 2.08 bits per heavy atom. The van der Waals surface area contributed by atoms with Crippen molar-refractivity contribution in [3.8, 4) is 11.4 Å². The van der Waals surface area contributed by atoms with E-state index in [1.165, 1.54) is 4.80 Å². The van der Waals surface area contributed by atoms with Crippen LogP contribution in [0.25, 0.3) is 11.4 Å². The van der Waals surface area contributed by atoms with Crippen LogP contribution in [0.1, 0.15) is 11.7 Å². The van der Waals surface area contributed by atoms with E-state index in [0.717, 1.165) is 11.4 Å². The molecule has 0 saturated carbocycles. The molecule has 9 heteroatoms. The molecular weight excluding hydrogens is 332 g/mol. The van der Waals surface area contributed by atoms with Gasteiger partial charge in [0.1, 0.15) is 12.4 Å². The molecule has 1 aromatic carbocycles. The first kappa shape index (κ1) is 16.4. The predicted octanol–water partition coefficient (Wildman–Crippen LogP) is 0.0269. The molecule has 1 aliphatic rings. The topological polar surface area (TPSA) is 108 Å². The molecule has 0 aliphatic carbocycles. The van der Waals surface area contributed by atoms with Crippen LogP contribution < -0.4 is 5.73 Å². The molecule has 1 fully saturated rings. The number of nitrogens with two attached hydrogens (primary N) is 1. The van der Waals surface area contributed by atoms with Crippen molar-refractivity contribution in [1.82, 2.24) is 34.7 Å². The summed E-state index contributed by atoms with van der Waals surface area (Å²) < 4.78 is 1.95. The van der Waals surface area contributed by atoms with Crippen molar-refractivity contribution in [3.05, 3.63) is 48.5 Å². The summed E-state index contributed by atoms with van der Waals surface area (Å²) in [6.07, 6.45) is 3.63. The van der Waals surface area contributed by atoms with Gasteiger partial charge < -0.3 is 15.2 Å². The number of hydrogen-bond acceptors (Lipinski definition) is 6. The molecule has 1 saturated heterocycles. The third-order valence-corrected chi connectivity index (χ3v) is 4.67. The van der Waals surface area contributed by atoms with Crippen LogP contribution in [0.3, 0.4) is 0 Å². The molecule has 26 heavy (non-hydrogen) atoms. The van der Waals surface area contributed by atoms with Crippen molar-refractivity contribution in [2.45, 2.75) is 18.5 Å². The number of rotatable bonds is 4. The van der Waals surface area contributed by atoms with Crippen LogP contribution in [0.5, 0.6) is 0 Å². The Morgan fingerprint density at radius 3 is 2.81 bits per heavy atom. The van der Waals surface area contributed by atoms with E-state index in [1.54, 1.807) is 11.1 Å². The van der Waals surface area contributed by atoms with Crippen molar-refractivity contribution >= 4 is 5.91 Å². The summed E-state index contributed by atoms with van der Waals surface area (Å²) in [4.78, 5) is 20.1. The molecule has 1 amide bonds. The van der Waals surface area contributed by atoms with Crippen LogP contribution in [-0.4, -0.2) is 59.7 Å². The minimum atomic E-state index is -0.136. The summed E-state index contributed by atoms with van der Waals surface area (Å²) in [6, 6.07) is 9.41. The van der Waals surface area contributed by atoms with E-state index in [4.69, 9.17) is 5.73 Å². The molecule has 0 spiro atoms. The Hall–Kier alpha value is -3.07. The lowest BCUT2D eigenvalue weighted by molar-refractivity contribution is -0.131. The zero-order chi connectivity index (χ0) is 18.1. The number of amides is 1. The second-order valence-electron chi connectivity index (χ2n) is 6.47. The van der Waals surface area contributed by atoms with Crippen molar-refractivity contribution in [3.63, 3.8) is 0 Å². The number of hydrogen-bond donors (Lipinski definition) is 1. The molecule has 3 heterocycles. The third-order valence-electron chi connectivity index (χ3n) is 4.67. The standard InChI is InChI=1S/C17H20N8O/c1-23-8-7-19-17(23)13-9-24(10-14(13)18)15(26)11-25-21-16(20-22-25)12-5-3-2-4-6-12/h2-8,13-14H,9-11,18H2,1H3/t13-,14-/m1/s1. The highest BCUT2D eigenvalue weighted by Crippen LogP contribution is 2.25. The smallest absolute Gasteiger partial charge is 0.246 e. The van der Waals surface area contributed by atoms with Gasteiger partial charge in [-0.15, -0.1) is 10.2 Å². The van der Waals surface area contributed by atoms with E-state index in [2.05, 4.69) is 20.4 Å². The quantitative estimate of drug-likeness (QED) is 0.710. The monoisotopic (exact) mass is 352 g/mol. The number of aryl methyl sites for hydroxylation is 1. The van der Waals surface area contributed by atoms with Gasteiger partial charge in [0.2, 0.25) is 11.7 Å². The average molecular weight is 352 g/mol. The summed E-state index contributed by atoms with van der Waals surface area (Å²) in [6.45, 7) is 1.08. The molecule has 0 radical (unpaired) electrons. The van der Waals surface area contributed by atoms with Gasteiger partial charge in [-0.3, -0.25) is 4.79 Å². The Bertz CT molecular complexity index is 902. The minimum Gasteiger partial charge on any atom is -0.339 e. The highest BCUT2D eigenvalue weighted by atomic mass is 16.2. The fraction of sp³-hybridized carbons (Fsp3) is 0.353. The van der Waals surface area contributed by atoms with Crippen molar-refractivity contribution in [2.24, 2.45) is 12.8 Å². The molecule has 2 aromatic heterocycles. The van der Waals surface area contributed by atoms with Gasteiger partial charge in [0, 0.05) is 44.1 Å². The number of benzene rings is 1. The fourth-order valence-corrected chi connectivity index (χ4v) is 3.27. The van der Waals surface area contributed by atoms with Gasteiger partial charge in [0.05, 0.1) is 5.92 Å². The van der Waals surface area contributed by atoms with E-state index in [1.807, 2.05) is 48.1 Å². The van der Waals surface area contributed by atoms with E-state index in [9.17, 15) is 4.79 Å². The van der Waals surface area contributed by atoms with Gasteiger partial charge in [-0.1, -0.05) is 30.3 Å². The molecule has 2 N–H and O–H groups in total. The van der Waals surface area contributed by atoms with E-state index >= 15 is 0 Å². The van der Waals surface area contributed by atoms with Crippen LogP contribution >= 0.6 is 0 Å². The van der Waals surface area contributed by atoms with E-state index in [-0.39, 0.29) is 24.4 Å². The molecule has 3 aromatic rings. The summed E-state index contributed by atoms with van der Waals surface area (Å²) in [5.74, 6) is 1.36. The first-order valence-corrected chi connectivity index (χ1v) is 8.45. The largest absolute Gasteiger partial charge is 0.339 e. The Balaban J connectivity index is 1.43. The first-order valence-electron chi connectivity index (χ1n) is 8.45. The number of likely N-dealkylation sites (tertiary alicyclic amines) is 1. The van der Waals surface area contributed by atoms with Crippen LogP contribution in [-0.2, 0) is 18.4 Å². The maximum absolute atomic E-state index is 12.6. The normalized spacial score (nSPS) is 19.8. The average Bonchev–Trinajstić information content (AvgIpc) is 3.36. The first-order chi connectivity index (χ1) is 12.6. The maximum Gasteiger partial charge on any atom is 0.246 e. The van der Waals surface area contributed by atoms with Gasteiger partial charge in [0.15, 0.2) is 0 Å². The van der Waals surface area contributed by atoms with Crippen molar-refractivity contribution in [2.75, 3.05) is 13.1 Å². The number of tetrazole rings is 1. The summed E-state index contributed by atoms with van der Waals surface area (Å²) >= 11 is 0. The molecular formula is C17H20N8O. The molecule has 0 unspecified atom stereocenters. The lowest BCUT2D eigenvalue weighted by Crippen LogP contribution is -2.34. The van der Waals surface area contributed by atoms with Gasteiger partial charge in [-0.05, 0) is 5.21 Å². The lowest BCUT2D eigenvalue weighted by atomic mass is 10.0. The predicted molar refractivity (Wildman–Crippen MR) is 93.8 cm³/mol. The molecule has 1 aliphatic heterocycles. The van der Waals surface area contributed by atoms with E-state index < -0.39 is 0 Å². The number of aromatic nitrogens is 6. The fourth-order valence-electron chi connectivity index (χ4n) is 3.27. The van der Waals surface area contributed by atoms with Crippen LogP contribution in [0, 0.1) is 0 Å². The van der Waals surface area contributed by atoms with Gasteiger partial charge in [0.25, 0.3) is 0 Å². The molecule has 4 rings (SSSR count). The number of carbonyl (C=O) groups is 1. The van der Waals surface area contributed by atoms with Gasteiger partial charge >= 0.3 is 0 Å². The summed E-state index contributed by atoms with van der Waals surface area (Å²) in [7, 11) is 1.93.